The molecule has 0 saturated carbocycles. The summed E-state index contributed by atoms with van der Waals surface area (Å²) in [4.78, 5) is 21.3. The van der Waals surface area contributed by atoms with Gasteiger partial charge in [-0.05, 0) is 45.2 Å². The number of nitrogens with zero attached hydrogens (tertiary/aromatic N) is 3. The van der Waals surface area contributed by atoms with Crippen molar-refractivity contribution in [3.63, 3.8) is 0 Å². The van der Waals surface area contributed by atoms with Gasteiger partial charge in [-0.2, -0.15) is 4.98 Å². The van der Waals surface area contributed by atoms with E-state index in [0.29, 0.717) is 5.56 Å². The van der Waals surface area contributed by atoms with Crippen molar-refractivity contribution in [1.29, 1.82) is 0 Å². The molecule has 19 atom stereocenters. The van der Waals surface area contributed by atoms with Crippen LogP contribution in [0.3, 0.4) is 0 Å². The Balaban J connectivity index is 1.41. The van der Waals surface area contributed by atoms with Gasteiger partial charge in [0.15, 0.2) is 12.1 Å². The van der Waals surface area contributed by atoms with Gasteiger partial charge < -0.3 is 80.3 Å². The molecular weight excluding hydrogens is 949 g/mol. The van der Waals surface area contributed by atoms with Crippen LogP contribution in [0.5, 0.6) is 0 Å². The summed E-state index contributed by atoms with van der Waals surface area (Å²) >= 11 is 0. The lowest BCUT2D eigenvalue weighted by atomic mass is 9.82. The number of aliphatic hydroxyl groups is 10. The minimum atomic E-state index is -2.24. The van der Waals surface area contributed by atoms with E-state index in [-0.39, 0.29) is 43.3 Å². The van der Waals surface area contributed by atoms with Crippen molar-refractivity contribution in [1.82, 2.24) is 15.1 Å². The average molecular weight is 1030 g/mol. The second-order valence-electron chi connectivity index (χ2n) is 19.4. The van der Waals surface area contributed by atoms with Crippen LogP contribution >= 0.6 is 0 Å². The fraction of sp³-hybridized carbons (Fsp3) is 0.585. The van der Waals surface area contributed by atoms with E-state index in [1.54, 1.807) is 87.8 Å². The van der Waals surface area contributed by atoms with E-state index in [0.717, 1.165) is 0 Å². The Morgan fingerprint density at radius 2 is 1.29 bits per heavy atom. The predicted octanol–water partition coefficient (Wildman–Crippen LogP) is 2.24. The van der Waals surface area contributed by atoms with Gasteiger partial charge in [0.2, 0.25) is 11.7 Å². The summed E-state index contributed by atoms with van der Waals surface area (Å²) in [5.74, 6) is -4.65. The highest BCUT2D eigenvalue weighted by Crippen LogP contribution is 2.42. The molecule has 73 heavy (non-hydrogen) atoms. The summed E-state index contributed by atoms with van der Waals surface area (Å²) in [6, 6.07) is 2.21. The summed E-state index contributed by atoms with van der Waals surface area (Å²) in [5.41, 5.74) is 6.72. The number of esters is 1. The summed E-state index contributed by atoms with van der Waals surface area (Å²) in [6.07, 6.45) is 8.48. The van der Waals surface area contributed by atoms with Gasteiger partial charge in [0.25, 0.3) is 0 Å². The highest BCUT2D eigenvalue weighted by molar-refractivity contribution is 5.70. The Bertz CT molecular complexity index is 2190. The largest absolute Gasteiger partial charge is 0.462 e. The van der Waals surface area contributed by atoms with E-state index >= 15 is 0 Å². The predicted molar refractivity (Wildman–Crippen MR) is 266 cm³/mol. The van der Waals surface area contributed by atoms with Crippen molar-refractivity contribution in [2.45, 2.75) is 182 Å². The van der Waals surface area contributed by atoms with Gasteiger partial charge in [0.05, 0.1) is 85.5 Å². The molecule has 2 aromatic rings. The normalized spacial score (nSPS) is 41.8. The zero-order chi connectivity index (χ0) is 53.2. The molecule has 0 unspecified atom stereocenters. The lowest BCUT2D eigenvalue weighted by molar-refractivity contribution is -0.303. The minimum absolute atomic E-state index is 0.0454. The lowest BCUT2D eigenvalue weighted by Gasteiger charge is -2.45. The first-order chi connectivity index (χ1) is 34.7. The number of rotatable bonds is 4. The van der Waals surface area contributed by atoms with Crippen LogP contribution in [0.25, 0.3) is 11.4 Å². The number of carbonyl (C=O) groups excluding carboxylic acids is 1. The van der Waals surface area contributed by atoms with Gasteiger partial charge in [-0.1, -0.05) is 104 Å². The molecule has 2 saturated heterocycles. The average Bonchev–Trinajstić information content (AvgIpc) is 3.82. The van der Waals surface area contributed by atoms with Crippen LogP contribution in [-0.2, 0) is 23.7 Å². The van der Waals surface area contributed by atoms with Crippen LogP contribution in [0, 0.1) is 11.8 Å². The molecule has 3 aliphatic heterocycles. The first-order valence-corrected chi connectivity index (χ1v) is 25.0. The molecule has 0 amide bonds. The van der Waals surface area contributed by atoms with Crippen molar-refractivity contribution >= 4 is 5.97 Å². The molecule has 5 rings (SSSR count). The number of aromatic nitrogens is 3. The molecule has 3 aliphatic rings. The molecule has 0 aliphatic carbocycles. The fourth-order valence-corrected chi connectivity index (χ4v) is 8.96. The van der Waals surface area contributed by atoms with Gasteiger partial charge in [0, 0.05) is 55.5 Å². The molecule has 2 bridgehead atoms. The number of hydrogen-bond acceptors (Lipinski definition) is 20. The number of fused-ring (bicyclic) bond motifs is 2. The quantitative estimate of drug-likeness (QED) is 0.196. The van der Waals surface area contributed by atoms with Crippen molar-refractivity contribution in [2.24, 2.45) is 17.6 Å². The summed E-state index contributed by atoms with van der Waals surface area (Å²) in [6.45, 7) is 6.82. The highest BCUT2D eigenvalue weighted by Gasteiger charge is 2.51. The van der Waals surface area contributed by atoms with Gasteiger partial charge in [0.1, 0.15) is 12.2 Å². The first-order valence-electron chi connectivity index (χ1n) is 25.0. The Labute approximate surface area is 426 Å². The zero-order valence-electron chi connectivity index (χ0n) is 41.8. The van der Waals surface area contributed by atoms with Crippen molar-refractivity contribution < 1.29 is 79.3 Å². The number of hydrogen-bond donors (Lipinski definition) is 11. The van der Waals surface area contributed by atoms with Crippen LogP contribution < -0.4 is 5.73 Å². The van der Waals surface area contributed by atoms with E-state index in [4.69, 9.17) is 29.2 Å². The maximum atomic E-state index is 12.7. The summed E-state index contributed by atoms with van der Waals surface area (Å²) < 4.78 is 29.7. The lowest BCUT2D eigenvalue weighted by Crippen LogP contribution is -2.61. The van der Waals surface area contributed by atoms with Crippen LogP contribution in [0.4, 0.5) is 0 Å². The van der Waals surface area contributed by atoms with Crippen molar-refractivity contribution in [3.05, 3.63) is 115 Å². The van der Waals surface area contributed by atoms with Crippen LogP contribution in [0.1, 0.15) is 90.9 Å². The third-order valence-electron chi connectivity index (χ3n) is 13.4. The van der Waals surface area contributed by atoms with Gasteiger partial charge >= 0.3 is 5.97 Å². The van der Waals surface area contributed by atoms with Gasteiger partial charge in [-0.15, -0.1) is 0 Å². The number of pyridine rings is 1. The molecule has 0 radical (unpaired) electrons. The Morgan fingerprint density at radius 1 is 0.671 bits per heavy atom. The number of ether oxygens (including phenoxy) is 4. The third-order valence-corrected chi connectivity index (χ3v) is 13.4. The molecular formula is C53H76N4O16. The number of cyclic esters (lactones) is 1. The molecule has 5 heterocycles. The molecule has 2 fully saturated rings. The SMILES string of the molecule is C[C@@H]1[C@H](O)[C@@H](C)/C=C/C=C/C=C/C=C/C=C/C=C/C=C/[C@H](O[C@@H]2O[C@H](C)[C@@H](O)[C@H](N)[C@@H]2O)C[C@@H]2O[C@](O)(C[C@@H](O)C[C@@H](O)[C@H](O)CC[C@@H](O)C[C@@H](O)CC(=O)O[C@H]1C)C[C@H](O)[C@H]2c1nc(-c2ccncc2)no1. The molecule has 0 spiro atoms. The molecule has 20 nitrogen and oxygen atoms in total. The minimum Gasteiger partial charge on any atom is -0.462 e. The third kappa shape index (κ3) is 18.3. The maximum absolute atomic E-state index is 12.7. The van der Waals surface area contributed by atoms with E-state index in [1.165, 1.54) is 0 Å². The Kier molecular flexibility index (Phi) is 23.4. The van der Waals surface area contributed by atoms with E-state index in [9.17, 15) is 55.9 Å². The van der Waals surface area contributed by atoms with Crippen LogP contribution in [-0.4, -0.2) is 170 Å². The van der Waals surface area contributed by atoms with Crippen LogP contribution in [0.2, 0.25) is 0 Å². The van der Waals surface area contributed by atoms with E-state index in [2.05, 4.69) is 15.1 Å². The van der Waals surface area contributed by atoms with Crippen molar-refractivity contribution in [3.8, 4) is 11.4 Å². The summed E-state index contributed by atoms with van der Waals surface area (Å²) in [5, 5.41) is 115. The Morgan fingerprint density at radius 3 is 1.93 bits per heavy atom. The topological polar surface area (TPSA) is 334 Å². The summed E-state index contributed by atoms with van der Waals surface area (Å²) in [7, 11) is 0. The van der Waals surface area contributed by atoms with Crippen molar-refractivity contribution in [2.75, 3.05) is 0 Å². The molecule has 0 aromatic carbocycles. The van der Waals surface area contributed by atoms with E-state index in [1.807, 2.05) is 49.5 Å². The molecule has 20 heteroatoms. The highest BCUT2D eigenvalue weighted by atomic mass is 16.7. The maximum Gasteiger partial charge on any atom is 0.308 e. The molecule has 404 valence electrons. The zero-order valence-corrected chi connectivity index (χ0v) is 41.8. The monoisotopic (exact) mass is 1020 g/mol. The molecule has 2 aromatic heterocycles. The smallest absolute Gasteiger partial charge is 0.308 e. The number of allylic oxidation sites excluding steroid dienone is 12. The second-order valence-corrected chi connectivity index (χ2v) is 19.4. The molecule has 12 N–H and O–H groups in total. The number of carbonyl (C=O) groups is 1. The standard InChI is InChI=1S/C53H76N4O16/c1-31-17-15-13-11-9-7-5-6-8-10-12-14-16-18-39(71-52-49(67)46(54)48(66)34(4)70-52)28-43-45(51-56-50(57-73-51)35-21-23-55-24-22-35)42(63)30-53(68,72-43)29-38(60)26-41(62)40(61)20-19-36(58)25-37(59)27-44(64)69-33(3)32(2)47(31)65/h5-18,21-24,31-34,36-43,45-49,52,58-63,65-68H,19-20,25-30,54H2,1-4H3/b6-5+,9-7+,10-8+,13-11+,14-12+,17-15+,18-16+/t31-,32-,33-,34+,36+,37+,38-,39-,40+,41+,42-,43-,45+,46-,47+,48+,49-,52-,53+/m0/s1. The number of aliphatic hydroxyl groups excluding tert-OH is 9. The fourth-order valence-electron chi connectivity index (χ4n) is 8.96. The second kappa shape index (κ2) is 28.9. The Hall–Kier alpha value is -4.62. The van der Waals surface area contributed by atoms with Gasteiger partial charge in [-0.3, -0.25) is 9.78 Å². The van der Waals surface area contributed by atoms with Gasteiger partial charge in [-0.25, -0.2) is 0 Å². The van der Waals surface area contributed by atoms with Crippen LogP contribution in [0.15, 0.2) is 114 Å². The van der Waals surface area contributed by atoms with E-state index < -0.39 is 141 Å². The first kappa shape index (κ1) is 59.3. The number of nitrogens with two attached hydrogens (primary N) is 1.